The normalized spacial score (nSPS) is 15.4. The number of morpholine rings is 1. The lowest BCUT2D eigenvalue weighted by Crippen LogP contribution is -2.35. The summed E-state index contributed by atoms with van der Waals surface area (Å²) >= 11 is 0. The summed E-state index contributed by atoms with van der Waals surface area (Å²) in [6.07, 6.45) is 4.07. The molecule has 128 valence electrons. The molecule has 2 aromatic heterocycles. The Labute approximate surface area is 145 Å². The summed E-state index contributed by atoms with van der Waals surface area (Å²) in [5, 5.41) is 7.40. The van der Waals surface area contributed by atoms with Crippen molar-refractivity contribution in [3.63, 3.8) is 0 Å². The van der Waals surface area contributed by atoms with E-state index in [2.05, 4.69) is 32.4 Å². The molecule has 0 atom stereocenters. The number of aromatic nitrogens is 3. The molecule has 0 aliphatic carbocycles. The van der Waals surface area contributed by atoms with Gasteiger partial charge in [0.25, 0.3) is 0 Å². The molecule has 3 aromatic rings. The van der Waals surface area contributed by atoms with Crippen LogP contribution in [0.25, 0.3) is 5.65 Å². The molecule has 3 heterocycles. The lowest BCUT2D eigenvalue weighted by molar-refractivity contribution is 0.0342. The zero-order chi connectivity index (χ0) is 17.1. The first-order chi connectivity index (χ1) is 12.3. The number of hydrogen-bond acceptors (Lipinski definition) is 6. The minimum atomic E-state index is 0.477. The summed E-state index contributed by atoms with van der Waals surface area (Å²) in [5.41, 5.74) is 3.23. The number of benzene rings is 1. The van der Waals surface area contributed by atoms with Gasteiger partial charge in [0, 0.05) is 31.5 Å². The fraction of sp³-hybridized carbons (Fsp3) is 0.278. The van der Waals surface area contributed by atoms with Crippen molar-refractivity contribution in [1.82, 2.24) is 19.5 Å². The van der Waals surface area contributed by atoms with Crippen LogP contribution < -0.4 is 5.32 Å². The molecule has 1 N–H and O–H groups in total. The SMILES string of the molecule is O=Cc1cnn2ccc(Nc3cccc(CN4CCOCC4)c3)nc12. The highest BCUT2D eigenvalue weighted by molar-refractivity contribution is 5.84. The number of carbonyl (C=O) groups is 1. The predicted octanol–water partition coefficient (Wildman–Crippen LogP) is 2.12. The largest absolute Gasteiger partial charge is 0.379 e. The Hall–Kier alpha value is -2.77. The maximum atomic E-state index is 11.1. The van der Waals surface area contributed by atoms with E-state index in [9.17, 15) is 4.79 Å². The Kier molecular flexibility index (Phi) is 4.41. The molecule has 0 unspecified atom stereocenters. The van der Waals surface area contributed by atoms with Crippen LogP contribution in [-0.2, 0) is 11.3 Å². The van der Waals surface area contributed by atoms with E-state index < -0.39 is 0 Å². The molecule has 0 spiro atoms. The Balaban J connectivity index is 1.52. The Bertz CT molecular complexity index is 886. The van der Waals surface area contributed by atoms with Gasteiger partial charge in [0.1, 0.15) is 5.82 Å². The molecule has 0 amide bonds. The van der Waals surface area contributed by atoms with Crippen LogP contribution in [0.1, 0.15) is 15.9 Å². The van der Waals surface area contributed by atoms with Gasteiger partial charge in [-0.1, -0.05) is 12.1 Å². The molecule has 1 fully saturated rings. The maximum Gasteiger partial charge on any atom is 0.167 e. The molecule has 25 heavy (non-hydrogen) atoms. The number of nitrogens with one attached hydrogen (secondary N) is 1. The van der Waals surface area contributed by atoms with Gasteiger partial charge >= 0.3 is 0 Å². The number of fused-ring (bicyclic) bond motifs is 1. The van der Waals surface area contributed by atoms with Gasteiger partial charge in [0.2, 0.25) is 0 Å². The molecule has 4 rings (SSSR count). The minimum Gasteiger partial charge on any atom is -0.379 e. The highest BCUT2D eigenvalue weighted by atomic mass is 16.5. The number of anilines is 2. The van der Waals surface area contributed by atoms with Crippen molar-refractivity contribution in [2.45, 2.75) is 6.54 Å². The lowest BCUT2D eigenvalue weighted by atomic mass is 10.2. The Morgan fingerprint density at radius 1 is 1.24 bits per heavy atom. The van der Waals surface area contributed by atoms with Crippen LogP contribution in [0.5, 0.6) is 0 Å². The van der Waals surface area contributed by atoms with Crippen molar-refractivity contribution in [1.29, 1.82) is 0 Å². The molecular weight excluding hydrogens is 318 g/mol. The predicted molar refractivity (Wildman–Crippen MR) is 94.2 cm³/mol. The van der Waals surface area contributed by atoms with Crippen LogP contribution in [0.15, 0.2) is 42.7 Å². The van der Waals surface area contributed by atoms with Gasteiger partial charge < -0.3 is 10.1 Å². The third-order valence-electron chi connectivity index (χ3n) is 4.23. The van der Waals surface area contributed by atoms with E-state index >= 15 is 0 Å². The second kappa shape index (κ2) is 7.00. The van der Waals surface area contributed by atoms with E-state index in [1.807, 2.05) is 18.2 Å². The Morgan fingerprint density at radius 2 is 2.12 bits per heavy atom. The van der Waals surface area contributed by atoms with Crippen LogP contribution in [0.4, 0.5) is 11.5 Å². The van der Waals surface area contributed by atoms with E-state index in [0.29, 0.717) is 17.0 Å². The smallest absolute Gasteiger partial charge is 0.167 e. The first-order valence-electron chi connectivity index (χ1n) is 8.27. The summed E-state index contributed by atoms with van der Waals surface area (Å²) in [7, 11) is 0. The molecule has 1 aliphatic heterocycles. The third kappa shape index (κ3) is 3.52. The van der Waals surface area contributed by atoms with Crippen molar-refractivity contribution in [2.24, 2.45) is 0 Å². The average Bonchev–Trinajstić information content (AvgIpc) is 3.05. The molecule has 7 heteroatoms. The van der Waals surface area contributed by atoms with Gasteiger partial charge in [-0.2, -0.15) is 5.10 Å². The van der Waals surface area contributed by atoms with Gasteiger partial charge in [-0.15, -0.1) is 0 Å². The molecule has 1 aliphatic rings. The second-order valence-electron chi connectivity index (χ2n) is 6.01. The summed E-state index contributed by atoms with van der Waals surface area (Å²) in [6, 6.07) is 10.1. The van der Waals surface area contributed by atoms with Gasteiger partial charge in [-0.25, -0.2) is 9.50 Å². The molecule has 7 nitrogen and oxygen atoms in total. The van der Waals surface area contributed by atoms with Crippen LogP contribution in [-0.4, -0.2) is 52.1 Å². The standard InChI is InChI=1S/C18H19N5O2/c24-13-15-11-19-23-5-4-17(21-18(15)23)20-16-3-1-2-14(10-16)12-22-6-8-25-9-7-22/h1-5,10-11,13H,6-9,12H2,(H,20,21). The maximum absolute atomic E-state index is 11.1. The summed E-state index contributed by atoms with van der Waals surface area (Å²) in [5.74, 6) is 0.680. The number of nitrogens with zero attached hydrogens (tertiary/aromatic N) is 4. The minimum absolute atomic E-state index is 0.477. The number of hydrogen-bond donors (Lipinski definition) is 1. The van der Waals surface area contributed by atoms with Gasteiger partial charge in [-0.05, 0) is 23.8 Å². The first kappa shape index (κ1) is 15.7. The van der Waals surface area contributed by atoms with Crippen molar-refractivity contribution < 1.29 is 9.53 Å². The van der Waals surface area contributed by atoms with Gasteiger partial charge in [0.15, 0.2) is 11.9 Å². The van der Waals surface area contributed by atoms with Crippen molar-refractivity contribution in [3.05, 3.63) is 53.9 Å². The topological polar surface area (TPSA) is 71.8 Å². The van der Waals surface area contributed by atoms with E-state index in [0.717, 1.165) is 44.8 Å². The Morgan fingerprint density at radius 3 is 2.96 bits per heavy atom. The molecule has 1 aromatic carbocycles. The fourth-order valence-electron chi connectivity index (χ4n) is 2.95. The van der Waals surface area contributed by atoms with E-state index in [4.69, 9.17) is 4.74 Å². The summed E-state index contributed by atoms with van der Waals surface area (Å²) in [4.78, 5) is 17.9. The number of ether oxygens (including phenoxy) is 1. The monoisotopic (exact) mass is 337 g/mol. The number of rotatable bonds is 5. The van der Waals surface area contributed by atoms with Gasteiger partial charge in [-0.3, -0.25) is 9.69 Å². The zero-order valence-corrected chi connectivity index (χ0v) is 13.8. The molecule has 0 bridgehead atoms. The lowest BCUT2D eigenvalue weighted by Gasteiger charge is -2.26. The quantitative estimate of drug-likeness (QED) is 0.719. The highest BCUT2D eigenvalue weighted by Crippen LogP contribution is 2.18. The van der Waals surface area contributed by atoms with Gasteiger partial charge in [0.05, 0.1) is 25.0 Å². The number of carbonyl (C=O) groups excluding carboxylic acids is 1. The highest BCUT2D eigenvalue weighted by Gasteiger charge is 2.11. The zero-order valence-electron chi connectivity index (χ0n) is 13.8. The van der Waals surface area contributed by atoms with E-state index in [1.165, 1.54) is 11.8 Å². The molecule has 1 saturated heterocycles. The van der Waals surface area contributed by atoms with Crippen LogP contribution in [0.3, 0.4) is 0 Å². The molecule has 0 saturated carbocycles. The summed E-state index contributed by atoms with van der Waals surface area (Å²) < 4.78 is 6.98. The molecule has 0 radical (unpaired) electrons. The van der Waals surface area contributed by atoms with E-state index in [1.54, 1.807) is 10.7 Å². The van der Waals surface area contributed by atoms with Crippen molar-refractivity contribution >= 4 is 23.4 Å². The van der Waals surface area contributed by atoms with E-state index in [-0.39, 0.29) is 0 Å². The third-order valence-corrected chi connectivity index (χ3v) is 4.23. The fourth-order valence-corrected chi connectivity index (χ4v) is 2.95. The number of aldehydes is 1. The average molecular weight is 337 g/mol. The van der Waals surface area contributed by atoms with Crippen molar-refractivity contribution in [3.8, 4) is 0 Å². The second-order valence-corrected chi connectivity index (χ2v) is 6.01. The van der Waals surface area contributed by atoms with Crippen molar-refractivity contribution in [2.75, 3.05) is 31.6 Å². The first-order valence-corrected chi connectivity index (χ1v) is 8.27. The van der Waals surface area contributed by atoms with Crippen LogP contribution in [0, 0.1) is 0 Å². The van der Waals surface area contributed by atoms with Crippen LogP contribution in [0.2, 0.25) is 0 Å². The summed E-state index contributed by atoms with van der Waals surface area (Å²) in [6.45, 7) is 4.43. The molecular formula is C18H19N5O2. The van der Waals surface area contributed by atoms with Crippen LogP contribution >= 0.6 is 0 Å².